The summed E-state index contributed by atoms with van der Waals surface area (Å²) in [5, 5.41) is 10.8. The normalized spacial score (nSPS) is 25.2. The molecule has 26 heavy (non-hydrogen) atoms. The van der Waals surface area contributed by atoms with Crippen LogP contribution in [-0.2, 0) is 4.79 Å². The summed E-state index contributed by atoms with van der Waals surface area (Å²) in [4.78, 5) is 12.1. The van der Waals surface area contributed by atoms with E-state index in [2.05, 4.69) is 33.8 Å². The number of ketones is 1. The van der Waals surface area contributed by atoms with Gasteiger partial charge in [0, 0.05) is 30.2 Å². The van der Waals surface area contributed by atoms with E-state index in [1.54, 1.807) is 0 Å². The van der Waals surface area contributed by atoms with Gasteiger partial charge in [-0.15, -0.1) is 0 Å². The number of carbonyl (C=O) groups is 1. The van der Waals surface area contributed by atoms with Crippen LogP contribution in [0.2, 0.25) is 0 Å². The average molecular weight is 359 g/mol. The second kappa shape index (κ2) is 7.62. The minimum absolute atomic E-state index is 0.0870. The van der Waals surface area contributed by atoms with E-state index in [1.165, 1.54) is 25.7 Å². The van der Waals surface area contributed by atoms with Crippen molar-refractivity contribution in [3.63, 3.8) is 0 Å². The maximum Gasteiger partial charge on any atom is 0.133 e. The van der Waals surface area contributed by atoms with Gasteiger partial charge in [-0.2, -0.15) is 0 Å². The van der Waals surface area contributed by atoms with Crippen LogP contribution in [-0.4, -0.2) is 16.5 Å². The Labute approximate surface area is 158 Å². The quantitative estimate of drug-likeness (QED) is 0.626. The predicted molar refractivity (Wildman–Crippen MR) is 105 cm³/mol. The lowest BCUT2D eigenvalue weighted by molar-refractivity contribution is -0.124. The first-order chi connectivity index (χ1) is 12.3. The minimum Gasteiger partial charge on any atom is -0.508 e. The number of Topliss-reactive ketones (excluding diaryl/α,β-unsaturated/α-hetero) is 1. The Morgan fingerprint density at radius 3 is 2.77 bits per heavy atom. The number of fused-ring (bicyclic) bond motifs is 3. The molecule has 1 fully saturated rings. The van der Waals surface area contributed by atoms with Crippen LogP contribution in [0.3, 0.4) is 0 Å². The standard InChI is InChI=1S/C23H34O3/c1-5-6-7-8-9-15(2)16-12-20(25)22-18-14-17(24)10-11-19(18)23(3,4)26-21(22)13-16/h12-13,15,18-19,25H,5-11,14H2,1-4H3/t15?,18-,19-/m1/s1. The van der Waals surface area contributed by atoms with Gasteiger partial charge in [0.15, 0.2) is 0 Å². The fraction of sp³-hybridized carbons (Fsp3) is 0.696. The van der Waals surface area contributed by atoms with E-state index in [0.29, 0.717) is 30.3 Å². The van der Waals surface area contributed by atoms with E-state index in [4.69, 9.17) is 4.74 Å². The summed E-state index contributed by atoms with van der Waals surface area (Å²) in [6.07, 6.45) is 8.18. The number of carbonyl (C=O) groups excluding carboxylic acids is 1. The van der Waals surface area contributed by atoms with Crippen molar-refractivity contribution >= 4 is 5.78 Å². The highest BCUT2D eigenvalue weighted by Crippen LogP contribution is 2.54. The van der Waals surface area contributed by atoms with E-state index in [-0.39, 0.29) is 17.4 Å². The summed E-state index contributed by atoms with van der Waals surface area (Å²) < 4.78 is 6.37. The van der Waals surface area contributed by atoms with Crippen molar-refractivity contribution < 1.29 is 14.6 Å². The zero-order valence-corrected chi connectivity index (χ0v) is 16.8. The maximum atomic E-state index is 12.1. The maximum absolute atomic E-state index is 12.1. The zero-order valence-electron chi connectivity index (χ0n) is 16.8. The van der Waals surface area contributed by atoms with Crippen molar-refractivity contribution in [1.82, 2.24) is 0 Å². The molecule has 0 bridgehead atoms. The third-order valence-corrected chi connectivity index (χ3v) is 6.51. The van der Waals surface area contributed by atoms with Gasteiger partial charge in [0.2, 0.25) is 0 Å². The molecule has 2 aliphatic rings. The van der Waals surface area contributed by atoms with Crippen LogP contribution in [0.25, 0.3) is 0 Å². The molecule has 3 atom stereocenters. The van der Waals surface area contributed by atoms with E-state index in [9.17, 15) is 9.90 Å². The summed E-state index contributed by atoms with van der Waals surface area (Å²) >= 11 is 0. The largest absolute Gasteiger partial charge is 0.508 e. The Balaban J connectivity index is 1.86. The molecule has 1 unspecified atom stereocenters. The summed E-state index contributed by atoms with van der Waals surface area (Å²) in [5.41, 5.74) is 1.71. The van der Waals surface area contributed by atoms with Gasteiger partial charge >= 0.3 is 0 Å². The third-order valence-electron chi connectivity index (χ3n) is 6.51. The Hall–Kier alpha value is -1.51. The number of phenols is 1. The molecule has 1 aliphatic carbocycles. The Morgan fingerprint density at radius 2 is 2.04 bits per heavy atom. The molecular formula is C23H34O3. The van der Waals surface area contributed by atoms with Crippen molar-refractivity contribution in [2.45, 2.75) is 96.5 Å². The van der Waals surface area contributed by atoms with Crippen LogP contribution in [0, 0.1) is 5.92 Å². The van der Waals surface area contributed by atoms with Gasteiger partial charge in [0.25, 0.3) is 0 Å². The van der Waals surface area contributed by atoms with Crippen LogP contribution in [0.5, 0.6) is 11.5 Å². The van der Waals surface area contributed by atoms with Gasteiger partial charge in [0.1, 0.15) is 22.9 Å². The van der Waals surface area contributed by atoms with Crippen LogP contribution in [0.1, 0.15) is 102 Å². The van der Waals surface area contributed by atoms with Crippen LogP contribution < -0.4 is 4.74 Å². The van der Waals surface area contributed by atoms with Gasteiger partial charge in [-0.25, -0.2) is 0 Å². The number of unbranched alkanes of at least 4 members (excludes halogenated alkanes) is 3. The van der Waals surface area contributed by atoms with E-state index >= 15 is 0 Å². The molecule has 1 aromatic carbocycles. The van der Waals surface area contributed by atoms with Crippen LogP contribution in [0.15, 0.2) is 12.1 Å². The molecular weight excluding hydrogens is 324 g/mol. The van der Waals surface area contributed by atoms with Crippen molar-refractivity contribution in [3.8, 4) is 11.5 Å². The minimum atomic E-state index is -0.298. The molecule has 0 spiro atoms. The number of benzene rings is 1. The number of aromatic hydroxyl groups is 1. The first-order valence-electron chi connectivity index (χ1n) is 10.4. The first kappa shape index (κ1) is 19.3. The molecule has 3 nitrogen and oxygen atoms in total. The Kier molecular flexibility index (Phi) is 5.64. The fourth-order valence-corrected chi connectivity index (χ4v) is 4.92. The van der Waals surface area contributed by atoms with Crippen LogP contribution in [0.4, 0.5) is 0 Å². The molecule has 1 aliphatic heterocycles. The average Bonchev–Trinajstić information content (AvgIpc) is 2.57. The molecule has 0 radical (unpaired) electrons. The summed E-state index contributed by atoms with van der Waals surface area (Å²) in [6, 6.07) is 4.04. The summed E-state index contributed by atoms with van der Waals surface area (Å²) in [5.74, 6) is 2.20. The summed E-state index contributed by atoms with van der Waals surface area (Å²) in [6.45, 7) is 8.71. The highest BCUT2D eigenvalue weighted by molar-refractivity contribution is 5.81. The molecule has 0 amide bonds. The number of phenolic OH excluding ortho intramolecular Hbond substituents is 1. The monoisotopic (exact) mass is 358 g/mol. The smallest absolute Gasteiger partial charge is 0.133 e. The Bertz CT molecular complexity index is 662. The zero-order chi connectivity index (χ0) is 18.9. The number of rotatable bonds is 6. The third kappa shape index (κ3) is 3.77. The van der Waals surface area contributed by atoms with Crippen molar-refractivity contribution in [3.05, 3.63) is 23.3 Å². The molecule has 0 aromatic heterocycles. The second-order valence-corrected chi connectivity index (χ2v) is 8.90. The van der Waals surface area contributed by atoms with Gasteiger partial charge in [-0.1, -0.05) is 39.5 Å². The van der Waals surface area contributed by atoms with Crippen molar-refractivity contribution in [2.24, 2.45) is 5.92 Å². The van der Waals surface area contributed by atoms with Crippen LogP contribution >= 0.6 is 0 Å². The summed E-state index contributed by atoms with van der Waals surface area (Å²) in [7, 11) is 0. The lowest BCUT2D eigenvalue weighted by Gasteiger charge is -2.47. The number of hydrogen-bond donors (Lipinski definition) is 1. The molecule has 3 rings (SSSR count). The molecule has 144 valence electrons. The highest BCUT2D eigenvalue weighted by Gasteiger charge is 2.47. The first-order valence-corrected chi connectivity index (χ1v) is 10.4. The van der Waals surface area contributed by atoms with Gasteiger partial charge in [0.05, 0.1) is 0 Å². The van der Waals surface area contributed by atoms with Crippen molar-refractivity contribution in [2.75, 3.05) is 0 Å². The van der Waals surface area contributed by atoms with Gasteiger partial charge in [-0.3, -0.25) is 4.79 Å². The molecule has 1 saturated carbocycles. The molecule has 1 N–H and O–H groups in total. The number of ether oxygens (including phenoxy) is 1. The highest BCUT2D eigenvalue weighted by atomic mass is 16.5. The SMILES string of the molecule is CCCCCCC(C)c1cc(O)c2c(c1)OC(C)(C)[C@@H]1CCC(=O)C[C@@H]21. The topological polar surface area (TPSA) is 46.5 Å². The van der Waals surface area contributed by atoms with Crippen molar-refractivity contribution in [1.29, 1.82) is 0 Å². The predicted octanol–water partition coefficient (Wildman–Crippen LogP) is 6.09. The lowest BCUT2D eigenvalue weighted by atomic mass is 9.66. The molecule has 3 heteroatoms. The van der Waals surface area contributed by atoms with Gasteiger partial charge < -0.3 is 9.84 Å². The fourth-order valence-electron chi connectivity index (χ4n) is 4.92. The molecule has 1 aromatic rings. The molecule has 0 saturated heterocycles. The second-order valence-electron chi connectivity index (χ2n) is 8.90. The Morgan fingerprint density at radius 1 is 1.27 bits per heavy atom. The van der Waals surface area contributed by atoms with E-state index in [1.807, 2.05) is 6.07 Å². The van der Waals surface area contributed by atoms with E-state index in [0.717, 1.165) is 29.7 Å². The lowest BCUT2D eigenvalue weighted by Crippen LogP contribution is -2.47. The van der Waals surface area contributed by atoms with E-state index < -0.39 is 0 Å². The molecule has 1 heterocycles. The number of hydrogen-bond acceptors (Lipinski definition) is 3. The van der Waals surface area contributed by atoms with Gasteiger partial charge in [-0.05, 0) is 50.3 Å².